The van der Waals surface area contributed by atoms with Crippen LogP contribution in [0, 0.1) is 0 Å². The van der Waals surface area contributed by atoms with Crippen LogP contribution in [0.1, 0.15) is 30.4 Å². The second-order valence-corrected chi connectivity index (χ2v) is 6.67. The van der Waals surface area contributed by atoms with Crippen molar-refractivity contribution >= 4 is 17.5 Å². The minimum atomic E-state index is -0.0392. The Balaban J connectivity index is 1.77. The van der Waals surface area contributed by atoms with E-state index >= 15 is 0 Å². The molecule has 2 heterocycles. The first-order valence-corrected chi connectivity index (χ1v) is 8.09. The quantitative estimate of drug-likeness (QED) is 0.688. The van der Waals surface area contributed by atoms with E-state index in [1.807, 2.05) is 4.90 Å². The molecule has 0 radical (unpaired) electrons. The van der Waals surface area contributed by atoms with Crippen LogP contribution in [0.4, 0.5) is 0 Å². The number of hydrogen-bond acceptors (Lipinski definition) is 2. The molecule has 0 N–H and O–H groups in total. The summed E-state index contributed by atoms with van der Waals surface area (Å²) in [5.74, 6) is 1.48. The second kappa shape index (κ2) is 4.77. The lowest BCUT2D eigenvalue weighted by Crippen LogP contribution is -2.47. The molecule has 3 nitrogen and oxygen atoms in total. The van der Waals surface area contributed by atoms with Gasteiger partial charge in [-0.25, -0.2) is 0 Å². The molecule has 3 aliphatic rings. The number of hydrogen-bond donors (Lipinski definition) is 0. The third kappa shape index (κ3) is 1.90. The van der Waals surface area contributed by atoms with Crippen LogP contribution >= 0.6 is 11.6 Å². The Hall–Kier alpha value is -1.48. The number of aryl methyl sites for hydroxylation is 1. The van der Waals surface area contributed by atoms with Crippen molar-refractivity contribution in [2.75, 3.05) is 13.1 Å². The highest BCUT2D eigenvalue weighted by Crippen LogP contribution is 2.45. The first-order valence-electron chi connectivity index (χ1n) is 7.65. The van der Waals surface area contributed by atoms with E-state index in [9.17, 15) is 4.79 Å². The molecule has 1 aromatic carbocycles. The number of amides is 1. The van der Waals surface area contributed by atoms with Crippen molar-refractivity contribution in [3.05, 3.63) is 47.3 Å². The Morgan fingerprint density at radius 3 is 2.90 bits per heavy atom. The molecule has 1 amide bonds. The summed E-state index contributed by atoms with van der Waals surface area (Å²) in [5, 5.41) is -0.0392. The number of nitrogens with zero attached hydrogens (tertiary/aromatic N) is 2. The van der Waals surface area contributed by atoms with Crippen LogP contribution < -0.4 is 0 Å². The van der Waals surface area contributed by atoms with E-state index in [1.54, 1.807) is 6.92 Å². The third-order valence-corrected chi connectivity index (χ3v) is 5.50. The highest BCUT2D eigenvalue weighted by molar-refractivity contribution is 6.22. The van der Waals surface area contributed by atoms with Crippen LogP contribution in [0.5, 0.6) is 0 Å². The molecule has 0 bridgehead atoms. The number of carbonyl (C=O) groups is 1. The van der Waals surface area contributed by atoms with Gasteiger partial charge >= 0.3 is 0 Å². The Morgan fingerprint density at radius 2 is 2.10 bits per heavy atom. The molecule has 3 unspecified atom stereocenters. The Bertz CT molecular complexity index is 627. The molecule has 0 saturated carbocycles. The van der Waals surface area contributed by atoms with Crippen molar-refractivity contribution in [1.82, 2.24) is 9.80 Å². The Kier molecular flexibility index (Phi) is 3.00. The summed E-state index contributed by atoms with van der Waals surface area (Å²) >= 11 is 6.71. The first kappa shape index (κ1) is 13.2. The number of allylic oxidation sites excluding steroid dienone is 1. The summed E-state index contributed by atoms with van der Waals surface area (Å²) in [7, 11) is 0. The van der Waals surface area contributed by atoms with Crippen LogP contribution in [-0.2, 0) is 11.2 Å². The number of halogens is 1. The minimum Gasteiger partial charge on any atom is -0.353 e. The van der Waals surface area contributed by atoms with E-state index in [0.717, 1.165) is 31.8 Å². The summed E-state index contributed by atoms with van der Waals surface area (Å²) in [6.45, 7) is 3.35. The maximum absolute atomic E-state index is 11.8. The number of fused-ring (bicyclic) bond motifs is 5. The van der Waals surface area contributed by atoms with E-state index < -0.39 is 0 Å². The molecule has 110 valence electrons. The molecule has 4 heteroatoms. The van der Waals surface area contributed by atoms with Crippen molar-refractivity contribution in [2.24, 2.45) is 0 Å². The molecule has 2 aliphatic heterocycles. The maximum Gasteiger partial charge on any atom is 0.225 e. The summed E-state index contributed by atoms with van der Waals surface area (Å²) < 4.78 is 0. The molecule has 1 aliphatic carbocycles. The van der Waals surface area contributed by atoms with E-state index in [4.69, 9.17) is 11.6 Å². The molecule has 4 rings (SSSR count). The molecule has 21 heavy (non-hydrogen) atoms. The maximum atomic E-state index is 11.8. The number of benzene rings is 1. The third-order valence-electron chi connectivity index (χ3n) is 5.11. The fraction of sp³-hybridized carbons (Fsp3) is 0.471. The summed E-state index contributed by atoms with van der Waals surface area (Å²) in [6, 6.07) is 9.08. The smallest absolute Gasteiger partial charge is 0.225 e. The van der Waals surface area contributed by atoms with Gasteiger partial charge in [-0.15, -0.1) is 11.6 Å². The van der Waals surface area contributed by atoms with E-state index in [2.05, 4.69) is 35.2 Å². The Labute approximate surface area is 130 Å². The fourth-order valence-electron chi connectivity index (χ4n) is 4.19. The number of rotatable bonds is 0. The molecule has 0 spiro atoms. The molecular weight excluding hydrogens is 284 g/mol. The second-order valence-electron chi connectivity index (χ2n) is 6.16. The van der Waals surface area contributed by atoms with Crippen LogP contribution in [-0.4, -0.2) is 40.2 Å². The van der Waals surface area contributed by atoms with Gasteiger partial charge < -0.3 is 4.90 Å². The average molecular weight is 303 g/mol. The van der Waals surface area contributed by atoms with Gasteiger partial charge in [0.05, 0.1) is 5.38 Å². The molecular formula is C17H19ClN2O. The van der Waals surface area contributed by atoms with Gasteiger partial charge in [-0.1, -0.05) is 24.3 Å². The van der Waals surface area contributed by atoms with Crippen LogP contribution in [0.25, 0.3) is 0 Å². The molecule has 1 saturated heterocycles. The fourth-order valence-corrected chi connectivity index (χ4v) is 4.61. The normalized spacial score (nSPS) is 30.4. The lowest BCUT2D eigenvalue weighted by molar-refractivity contribution is -0.126. The van der Waals surface area contributed by atoms with Gasteiger partial charge in [0.1, 0.15) is 5.82 Å². The van der Waals surface area contributed by atoms with Crippen molar-refractivity contribution in [3.8, 4) is 0 Å². The number of alkyl halides is 1. The molecule has 1 fully saturated rings. The molecule has 0 aromatic heterocycles. The van der Waals surface area contributed by atoms with E-state index in [-0.39, 0.29) is 11.3 Å². The topological polar surface area (TPSA) is 23.6 Å². The van der Waals surface area contributed by atoms with Gasteiger partial charge in [-0.05, 0) is 30.0 Å². The highest BCUT2D eigenvalue weighted by Gasteiger charge is 2.45. The lowest BCUT2D eigenvalue weighted by atomic mass is 9.75. The van der Waals surface area contributed by atoms with Crippen molar-refractivity contribution in [1.29, 1.82) is 0 Å². The van der Waals surface area contributed by atoms with Crippen LogP contribution in [0.3, 0.4) is 0 Å². The lowest BCUT2D eigenvalue weighted by Gasteiger charge is -2.45. The summed E-state index contributed by atoms with van der Waals surface area (Å²) in [4.78, 5) is 16.1. The van der Waals surface area contributed by atoms with Gasteiger partial charge in [0.25, 0.3) is 0 Å². The highest BCUT2D eigenvalue weighted by atomic mass is 35.5. The molecule has 1 aromatic rings. The van der Waals surface area contributed by atoms with Gasteiger partial charge in [-0.3, -0.25) is 9.69 Å². The van der Waals surface area contributed by atoms with Gasteiger partial charge in [0.15, 0.2) is 0 Å². The van der Waals surface area contributed by atoms with Gasteiger partial charge in [-0.2, -0.15) is 0 Å². The zero-order chi connectivity index (χ0) is 14.6. The first-order chi connectivity index (χ1) is 10.2. The largest absolute Gasteiger partial charge is 0.353 e. The summed E-state index contributed by atoms with van der Waals surface area (Å²) in [5.41, 5.74) is 2.83. The van der Waals surface area contributed by atoms with Crippen molar-refractivity contribution in [2.45, 2.75) is 37.1 Å². The molecule has 3 atom stereocenters. The van der Waals surface area contributed by atoms with Crippen molar-refractivity contribution < 1.29 is 4.79 Å². The summed E-state index contributed by atoms with van der Waals surface area (Å²) in [6.07, 6.45) is 4.30. The number of carbonyl (C=O) groups excluding carboxylic acids is 1. The average Bonchev–Trinajstić information content (AvgIpc) is 2.90. The van der Waals surface area contributed by atoms with Crippen LogP contribution in [0.2, 0.25) is 0 Å². The predicted octanol–water partition coefficient (Wildman–Crippen LogP) is 2.71. The minimum absolute atomic E-state index is 0.0392. The zero-order valence-corrected chi connectivity index (χ0v) is 12.9. The van der Waals surface area contributed by atoms with Crippen LogP contribution in [0.15, 0.2) is 36.2 Å². The zero-order valence-electron chi connectivity index (χ0n) is 12.1. The standard InChI is InChI=1S/C17H19ClN2O/c1-11(21)19-8-9-20-15-7-6-12-4-2-3-5-13(12)17(15)14(18)10-16(19)20/h2-5,10,14-15,17H,6-9H2,1H3. The van der Waals surface area contributed by atoms with E-state index in [1.165, 1.54) is 11.1 Å². The Morgan fingerprint density at radius 1 is 1.29 bits per heavy atom. The predicted molar refractivity (Wildman–Crippen MR) is 83.1 cm³/mol. The SMILES string of the molecule is CC(=O)N1CCN2C1=CC(Cl)C1c3ccccc3CCC12. The van der Waals surface area contributed by atoms with Crippen molar-refractivity contribution in [3.63, 3.8) is 0 Å². The van der Waals surface area contributed by atoms with E-state index in [0.29, 0.717) is 12.0 Å². The van der Waals surface area contributed by atoms with Gasteiger partial charge in [0, 0.05) is 32.0 Å². The van der Waals surface area contributed by atoms with Gasteiger partial charge in [0.2, 0.25) is 5.91 Å². The monoisotopic (exact) mass is 302 g/mol.